The van der Waals surface area contributed by atoms with Gasteiger partial charge in [0.15, 0.2) is 0 Å². The van der Waals surface area contributed by atoms with Gasteiger partial charge in [0, 0.05) is 7.05 Å². The van der Waals surface area contributed by atoms with Crippen LogP contribution in [0.1, 0.15) is 28.8 Å². The van der Waals surface area contributed by atoms with E-state index in [-0.39, 0.29) is 18.0 Å². The number of nitrogens with one attached hydrogen (secondary N) is 1. The molecule has 7 nitrogen and oxygen atoms in total. The molecule has 0 saturated carbocycles. The van der Waals surface area contributed by atoms with Crippen LogP contribution in [0.2, 0.25) is 0 Å². The van der Waals surface area contributed by atoms with Crippen molar-refractivity contribution < 1.29 is 4.79 Å². The SMILES string of the molecule is CCc1c(C(=O)N(C)Cc2nc3ccsc3c(=O)[nH]2)cnn1-c1ccccc1. The summed E-state index contributed by atoms with van der Waals surface area (Å²) in [5.41, 5.74) is 2.78. The molecule has 4 rings (SSSR count). The lowest BCUT2D eigenvalue weighted by atomic mass is 10.1. The number of hydrogen-bond acceptors (Lipinski definition) is 5. The van der Waals surface area contributed by atoms with E-state index in [9.17, 15) is 9.59 Å². The molecule has 8 heteroatoms. The molecule has 3 heterocycles. The Hall–Kier alpha value is -3.26. The van der Waals surface area contributed by atoms with Crippen LogP contribution in [0.3, 0.4) is 0 Å². The van der Waals surface area contributed by atoms with Crippen molar-refractivity contribution in [2.75, 3.05) is 7.05 Å². The summed E-state index contributed by atoms with van der Waals surface area (Å²) in [4.78, 5) is 33.9. The summed E-state index contributed by atoms with van der Waals surface area (Å²) in [6, 6.07) is 11.5. The number of thiophene rings is 1. The van der Waals surface area contributed by atoms with Gasteiger partial charge in [0.2, 0.25) is 0 Å². The number of benzene rings is 1. The number of rotatable bonds is 5. The van der Waals surface area contributed by atoms with E-state index in [1.807, 2.05) is 42.6 Å². The normalized spacial score (nSPS) is 11.1. The molecule has 28 heavy (non-hydrogen) atoms. The van der Waals surface area contributed by atoms with E-state index in [0.717, 1.165) is 11.4 Å². The Morgan fingerprint density at radius 2 is 2.04 bits per heavy atom. The van der Waals surface area contributed by atoms with Gasteiger partial charge >= 0.3 is 0 Å². The second kappa shape index (κ2) is 7.40. The standard InChI is InChI=1S/C20H19N5O2S/c1-3-16-14(11-21-25(16)13-7-5-4-6-8-13)20(27)24(2)12-17-22-15-9-10-28-18(15)19(26)23-17/h4-11H,3,12H2,1-2H3,(H,22,23,26). The number of para-hydroxylation sites is 1. The fourth-order valence-corrected chi connectivity index (χ4v) is 3.91. The van der Waals surface area contributed by atoms with Gasteiger partial charge in [0.25, 0.3) is 11.5 Å². The smallest absolute Gasteiger partial charge is 0.268 e. The monoisotopic (exact) mass is 393 g/mol. The van der Waals surface area contributed by atoms with Gasteiger partial charge in [-0.15, -0.1) is 11.3 Å². The molecule has 0 unspecified atom stereocenters. The molecule has 0 saturated heterocycles. The van der Waals surface area contributed by atoms with Crippen molar-refractivity contribution in [3.05, 3.63) is 75.4 Å². The quantitative estimate of drug-likeness (QED) is 0.565. The largest absolute Gasteiger partial charge is 0.334 e. The molecule has 0 bridgehead atoms. The Balaban J connectivity index is 1.61. The van der Waals surface area contributed by atoms with Crippen molar-refractivity contribution in [3.63, 3.8) is 0 Å². The van der Waals surface area contributed by atoms with Crippen molar-refractivity contribution in [2.24, 2.45) is 0 Å². The molecule has 0 aliphatic heterocycles. The highest BCUT2D eigenvalue weighted by atomic mass is 32.1. The Labute approximate surface area is 165 Å². The number of nitrogens with zero attached hydrogens (tertiary/aromatic N) is 4. The molecule has 0 fully saturated rings. The van der Waals surface area contributed by atoms with E-state index in [2.05, 4.69) is 15.1 Å². The lowest BCUT2D eigenvalue weighted by molar-refractivity contribution is 0.0780. The zero-order chi connectivity index (χ0) is 19.7. The summed E-state index contributed by atoms with van der Waals surface area (Å²) in [5.74, 6) is 0.298. The highest BCUT2D eigenvalue weighted by Gasteiger charge is 2.21. The minimum absolute atomic E-state index is 0.160. The zero-order valence-corrected chi connectivity index (χ0v) is 16.4. The molecule has 1 amide bonds. The maximum atomic E-state index is 13.0. The number of amides is 1. The van der Waals surface area contributed by atoms with Crippen molar-refractivity contribution in [2.45, 2.75) is 19.9 Å². The van der Waals surface area contributed by atoms with Crippen molar-refractivity contribution in [1.82, 2.24) is 24.6 Å². The first-order valence-electron chi connectivity index (χ1n) is 8.92. The highest BCUT2D eigenvalue weighted by molar-refractivity contribution is 7.17. The molecule has 1 N–H and O–H groups in total. The van der Waals surface area contributed by atoms with Crippen LogP contribution in [0.15, 0.2) is 52.8 Å². The fraction of sp³-hybridized carbons (Fsp3) is 0.200. The second-order valence-electron chi connectivity index (χ2n) is 6.41. The van der Waals surface area contributed by atoms with Crippen LogP contribution < -0.4 is 5.56 Å². The zero-order valence-electron chi connectivity index (χ0n) is 15.5. The Bertz CT molecular complexity index is 1190. The number of aromatic amines is 1. The van der Waals surface area contributed by atoms with Gasteiger partial charge in [0.1, 0.15) is 10.5 Å². The maximum absolute atomic E-state index is 13.0. The number of hydrogen-bond donors (Lipinski definition) is 1. The third-order valence-electron chi connectivity index (χ3n) is 4.53. The van der Waals surface area contributed by atoms with Crippen LogP contribution in [-0.2, 0) is 13.0 Å². The first-order chi connectivity index (χ1) is 13.6. The Kier molecular flexibility index (Phi) is 4.79. The summed E-state index contributed by atoms with van der Waals surface area (Å²) in [6.07, 6.45) is 2.27. The van der Waals surface area contributed by atoms with Gasteiger partial charge in [-0.2, -0.15) is 5.10 Å². The number of fused-ring (bicyclic) bond motifs is 1. The molecule has 0 radical (unpaired) electrons. The topological polar surface area (TPSA) is 83.9 Å². The van der Waals surface area contributed by atoms with E-state index in [1.54, 1.807) is 28.9 Å². The van der Waals surface area contributed by atoms with E-state index >= 15 is 0 Å². The predicted octanol–water partition coefficient (Wildman–Crippen LogP) is 3.00. The maximum Gasteiger partial charge on any atom is 0.268 e. The minimum Gasteiger partial charge on any atom is -0.334 e. The molecule has 4 aromatic rings. The highest BCUT2D eigenvalue weighted by Crippen LogP contribution is 2.18. The number of aromatic nitrogens is 4. The van der Waals surface area contributed by atoms with Gasteiger partial charge in [-0.3, -0.25) is 9.59 Å². The van der Waals surface area contributed by atoms with Crippen LogP contribution in [-0.4, -0.2) is 37.6 Å². The van der Waals surface area contributed by atoms with Crippen LogP contribution in [0.25, 0.3) is 15.9 Å². The second-order valence-corrected chi connectivity index (χ2v) is 7.33. The molecule has 0 atom stereocenters. The summed E-state index contributed by atoms with van der Waals surface area (Å²) >= 11 is 1.35. The molecular formula is C20H19N5O2S. The van der Waals surface area contributed by atoms with Gasteiger partial charge in [-0.1, -0.05) is 25.1 Å². The lowest BCUT2D eigenvalue weighted by Crippen LogP contribution is -2.28. The lowest BCUT2D eigenvalue weighted by Gasteiger charge is -2.17. The molecular weight excluding hydrogens is 374 g/mol. The third kappa shape index (κ3) is 3.22. The summed E-state index contributed by atoms with van der Waals surface area (Å²) in [6.45, 7) is 2.20. The third-order valence-corrected chi connectivity index (χ3v) is 5.43. The molecule has 3 aromatic heterocycles. The van der Waals surface area contributed by atoms with Gasteiger partial charge in [0.05, 0.1) is 35.2 Å². The molecule has 1 aromatic carbocycles. The summed E-state index contributed by atoms with van der Waals surface area (Å²) < 4.78 is 2.38. The van der Waals surface area contributed by atoms with E-state index < -0.39 is 0 Å². The number of carbonyl (C=O) groups excluding carboxylic acids is 1. The molecule has 142 valence electrons. The Morgan fingerprint density at radius 3 is 2.79 bits per heavy atom. The van der Waals surface area contributed by atoms with Crippen LogP contribution in [0.4, 0.5) is 0 Å². The molecule has 0 spiro atoms. The van der Waals surface area contributed by atoms with E-state index in [4.69, 9.17) is 0 Å². The average Bonchev–Trinajstić information content (AvgIpc) is 3.35. The summed E-state index contributed by atoms with van der Waals surface area (Å²) in [5, 5.41) is 6.24. The van der Waals surface area contributed by atoms with Crippen molar-refractivity contribution in [3.8, 4) is 5.69 Å². The van der Waals surface area contributed by atoms with Gasteiger partial charge in [-0.25, -0.2) is 9.67 Å². The van der Waals surface area contributed by atoms with E-state index in [1.165, 1.54) is 11.3 Å². The van der Waals surface area contributed by atoms with Gasteiger partial charge in [-0.05, 0) is 30.0 Å². The fourth-order valence-electron chi connectivity index (χ4n) is 3.18. The summed E-state index contributed by atoms with van der Waals surface area (Å²) in [7, 11) is 1.69. The molecule has 0 aliphatic carbocycles. The van der Waals surface area contributed by atoms with Crippen LogP contribution >= 0.6 is 11.3 Å². The Morgan fingerprint density at radius 1 is 1.25 bits per heavy atom. The number of H-pyrrole nitrogens is 1. The average molecular weight is 393 g/mol. The number of carbonyl (C=O) groups is 1. The first kappa shape index (κ1) is 18.1. The van der Waals surface area contributed by atoms with Crippen LogP contribution in [0.5, 0.6) is 0 Å². The van der Waals surface area contributed by atoms with Gasteiger partial charge < -0.3 is 9.88 Å². The minimum atomic E-state index is -0.179. The van der Waals surface area contributed by atoms with Crippen molar-refractivity contribution in [1.29, 1.82) is 0 Å². The van der Waals surface area contributed by atoms with Crippen molar-refractivity contribution >= 4 is 27.5 Å². The van der Waals surface area contributed by atoms with Crippen LogP contribution in [0, 0.1) is 0 Å². The predicted molar refractivity (Wildman–Crippen MR) is 109 cm³/mol. The molecule has 0 aliphatic rings. The first-order valence-corrected chi connectivity index (χ1v) is 9.80. The van der Waals surface area contributed by atoms with E-state index in [0.29, 0.717) is 28.0 Å².